The van der Waals surface area contributed by atoms with Gasteiger partial charge in [-0.2, -0.15) is 0 Å². The Morgan fingerprint density at radius 3 is 2.50 bits per heavy atom. The van der Waals surface area contributed by atoms with E-state index in [1.807, 2.05) is 48.5 Å². The van der Waals surface area contributed by atoms with E-state index in [4.69, 9.17) is 16.2 Å². The highest BCUT2D eigenvalue weighted by molar-refractivity contribution is 7.82. The van der Waals surface area contributed by atoms with Crippen molar-refractivity contribution < 1.29 is 8.95 Å². The molecular formula is C31H44N4O2S. The summed E-state index contributed by atoms with van der Waals surface area (Å²) < 4.78 is 21.3. The first-order chi connectivity index (χ1) is 18.1. The first kappa shape index (κ1) is 29.7. The smallest absolute Gasteiger partial charge is 0.136 e. The molecule has 3 aromatic rings. The number of nitrogens with one attached hydrogen (secondary N) is 1. The van der Waals surface area contributed by atoms with E-state index in [-0.39, 0.29) is 5.92 Å². The average Bonchev–Trinajstić information content (AvgIpc) is 3.05. The Morgan fingerprint density at radius 2 is 1.82 bits per heavy atom. The Kier molecular flexibility index (Phi) is 9.99. The summed E-state index contributed by atoms with van der Waals surface area (Å²) in [6.07, 6.45) is 0. The first-order valence-electron chi connectivity index (χ1n) is 13.5. The molecule has 0 radical (unpaired) electrons. The average molecular weight is 537 g/mol. The highest BCUT2D eigenvalue weighted by Crippen LogP contribution is 2.39. The van der Waals surface area contributed by atoms with Crippen LogP contribution in [-0.2, 0) is 17.5 Å². The van der Waals surface area contributed by atoms with Gasteiger partial charge in [-0.15, -0.1) is 0 Å². The van der Waals surface area contributed by atoms with Crippen LogP contribution >= 0.6 is 0 Å². The van der Waals surface area contributed by atoms with Gasteiger partial charge in [-0.1, -0.05) is 50.2 Å². The zero-order valence-electron chi connectivity index (χ0n) is 23.9. The highest BCUT2D eigenvalue weighted by Gasteiger charge is 2.31. The monoisotopic (exact) mass is 536 g/mol. The summed E-state index contributed by atoms with van der Waals surface area (Å²) >= 11 is 0. The third-order valence-corrected chi connectivity index (χ3v) is 8.40. The van der Waals surface area contributed by atoms with Gasteiger partial charge < -0.3 is 21.5 Å². The largest absolute Gasteiger partial charge is 0.491 e. The second-order valence-electron chi connectivity index (χ2n) is 10.1. The van der Waals surface area contributed by atoms with E-state index in [0.29, 0.717) is 25.4 Å². The molecule has 0 spiro atoms. The number of benzene rings is 3. The fourth-order valence-electron chi connectivity index (χ4n) is 4.97. The Balaban J connectivity index is 0.00000195. The summed E-state index contributed by atoms with van der Waals surface area (Å²) in [6, 6.07) is 18.3. The molecule has 1 heterocycles. The van der Waals surface area contributed by atoms with Crippen LogP contribution in [0.1, 0.15) is 68.4 Å². The molecule has 0 aromatic heterocycles. The van der Waals surface area contributed by atoms with Crippen LogP contribution in [0.5, 0.6) is 5.75 Å². The molecule has 2 unspecified atom stereocenters. The van der Waals surface area contributed by atoms with Gasteiger partial charge in [-0.3, -0.25) is 0 Å². The zero-order valence-corrected chi connectivity index (χ0v) is 24.7. The maximum absolute atomic E-state index is 13.4. The molecule has 1 aliphatic heterocycles. The number of para-hydroxylation sites is 1. The van der Waals surface area contributed by atoms with Crippen molar-refractivity contribution in [3.8, 4) is 5.75 Å². The van der Waals surface area contributed by atoms with Gasteiger partial charge in [-0.05, 0) is 80.6 Å². The fourth-order valence-corrected chi connectivity index (χ4v) is 6.24. The van der Waals surface area contributed by atoms with Gasteiger partial charge in [0.15, 0.2) is 0 Å². The maximum atomic E-state index is 13.4. The third kappa shape index (κ3) is 6.40. The molecular weight excluding hydrogens is 492 g/mol. The van der Waals surface area contributed by atoms with Crippen LogP contribution in [0.15, 0.2) is 59.5 Å². The topological polar surface area (TPSA) is 93.6 Å². The second kappa shape index (κ2) is 12.8. The highest BCUT2D eigenvalue weighted by atomic mass is 32.2. The quantitative estimate of drug-likeness (QED) is 0.316. The van der Waals surface area contributed by atoms with Gasteiger partial charge >= 0.3 is 0 Å². The molecule has 0 saturated carbocycles. The lowest BCUT2D eigenvalue weighted by Crippen LogP contribution is -2.40. The van der Waals surface area contributed by atoms with Crippen molar-refractivity contribution in [3.63, 3.8) is 0 Å². The predicted molar refractivity (Wildman–Crippen MR) is 161 cm³/mol. The number of ether oxygens (including phenoxy) is 1. The van der Waals surface area contributed by atoms with Crippen molar-refractivity contribution in [1.29, 1.82) is 0 Å². The minimum absolute atomic E-state index is 0.0616. The van der Waals surface area contributed by atoms with Crippen LogP contribution in [0.4, 0.5) is 11.4 Å². The number of fused-ring (bicyclic) bond motifs is 1. The number of rotatable bonds is 7. The minimum Gasteiger partial charge on any atom is -0.491 e. The molecule has 6 nitrogen and oxygen atoms in total. The number of nitrogen functional groups attached to an aromatic ring is 1. The van der Waals surface area contributed by atoms with Crippen molar-refractivity contribution in [2.75, 3.05) is 30.7 Å². The zero-order chi connectivity index (χ0) is 28.0. The number of aryl methyl sites for hydroxylation is 1. The molecule has 5 N–H and O–H groups in total. The predicted octanol–water partition coefficient (Wildman–Crippen LogP) is 6.13. The van der Waals surface area contributed by atoms with Crippen LogP contribution in [0.2, 0.25) is 0 Å². The molecule has 0 bridgehead atoms. The lowest BCUT2D eigenvalue weighted by Gasteiger charge is -2.34. The first-order valence-corrected chi connectivity index (χ1v) is 14.6. The number of nitrogens with zero attached hydrogens (tertiary/aromatic N) is 1. The van der Waals surface area contributed by atoms with Gasteiger partial charge in [0.1, 0.15) is 23.3 Å². The van der Waals surface area contributed by atoms with E-state index in [1.54, 1.807) is 0 Å². The summed E-state index contributed by atoms with van der Waals surface area (Å²) in [6.45, 7) is 16.8. The van der Waals surface area contributed by atoms with Crippen molar-refractivity contribution in [2.24, 2.45) is 5.73 Å². The Morgan fingerprint density at radius 1 is 1.11 bits per heavy atom. The van der Waals surface area contributed by atoms with Gasteiger partial charge in [-0.25, -0.2) is 8.51 Å². The van der Waals surface area contributed by atoms with Gasteiger partial charge in [0.2, 0.25) is 0 Å². The van der Waals surface area contributed by atoms with Crippen LogP contribution in [-0.4, -0.2) is 33.7 Å². The normalized spacial score (nSPS) is 16.4. The lowest BCUT2D eigenvalue weighted by atomic mass is 9.75. The Hall–Kier alpha value is -2.87. The van der Waals surface area contributed by atoms with Crippen molar-refractivity contribution >= 4 is 22.4 Å². The summed E-state index contributed by atoms with van der Waals surface area (Å²) in [5, 5.41) is 3.34. The van der Waals surface area contributed by atoms with Crippen molar-refractivity contribution in [1.82, 2.24) is 4.31 Å². The van der Waals surface area contributed by atoms with Gasteiger partial charge in [0.05, 0.1) is 16.3 Å². The Bertz CT molecular complexity index is 1270. The van der Waals surface area contributed by atoms with Crippen LogP contribution < -0.4 is 21.5 Å². The van der Waals surface area contributed by atoms with Crippen molar-refractivity contribution in [3.05, 3.63) is 82.4 Å². The number of hydrogen-bond donors (Lipinski definition) is 3. The fraction of sp³-hybridized carbons (Fsp3) is 0.419. The molecule has 1 aliphatic rings. The molecule has 0 amide bonds. The summed E-state index contributed by atoms with van der Waals surface area (Å²) in [7, 11) is -1.30. The number of anilines is 2. The molecule has 206 valence electrons. The summed E-state index contributed by atoms with van der Waals surface area (Å²) in [4.78, 5) is 0.719. The van der Waals surface area contributed by atoms with E-state index in [1.165, 1.54) is 0 Å². The molecule has 4 rings (SSSR count). The third-order valence-electron chi connectivity index (χ3n) is 6.90. The van der Waals surface area contributed by atoms with E-state index in [9.17, 15) is 4.21 Å². The molecule has 38 heavy (non-hydrogen) atoms. The molecule has 7 heteroatoms. The van der Waals surface area contributed by atoms with E-state index in [0.717, 1.165) is 50.6 Å². The summed E-state index contributed by atoms with van der Waals surface area (Å²) in [5.41, 5.74) is 20.1. The molecule has 0 aliphatic carbocycles. The SMILES string of the molecule is CC.CCNc1ccc(C(c2ccc(C)c(CN3CCOc4ccccc4S3=O)c2)C(C)(C)N)c(C)c1N. The molecule has 2 atom stereocenters. The van der Waals surface area contributed by atoms with Crippen LogP contribution in [0.25, 0.3) is 0 Å². The molecule has 0 fully saturated rings. The number of hydrogen-bond acceptors (Lipinski definition) is 5. The van der Waals surface area contributed by atoms with Gasteiger partial charge in [0.25, 0.3) is 0 Å². The second-order valence-corrected chi connectivity index (χ2v) is 11.6. The van der Waals surface area contributed by atoms with Crippen molar-refractivity contribution in [2.45, 2.75) is 71.4 Å². The van der Waals surface area contributed by atoms with Crippen LogP contribution in [0, 0.1) is 13.8 Å². The van der Waals surface area contributed by atoms with E-state index in [2.05, 4.69) is 64.2 Å². The maximum Gasteiger partial charge on any atom is 0.136 e. The van der Waals surface area contributed by atoms with Gasteiger partial charge in [0, 0.05) is 31.1 Å². The van der Waals surface area contributed by atoms with Crippen LogP contribution in [0.3, 0.4) is 0 Å². The lowest BCUT2D eigenvalue weighted by molar-refractivity contribution is 0.281. The van der Waals surface area contributed by atoms with E-state index < -0.39 is 16.5 Å². The minimum atomic E-state index is -1.30. The molecule has 0 saturated heterocycles. The number of nitrogens with two attached hydrogens (primary N) is 2. The Labute approximate surface area is 231 Å². The summed E-state index contributed by atoms with van der Waals surface area (Å²) in [5.74, 6) is 0.636. The van der Waals surface area contributed by atoms with E-state index >= 15 is 0 Å². The standard InChI is InChI=1S/C29H38N4O2S.C2H6/c1-6-32-24-14-13-23(20(3)28(24)30)27(29(4,5)31)21-12-11-19(2)22(17-21)18-33-15-16-35-25-9-7-8-10-26(25)36(33)34;1-2/h7-14,17,27,32H,6,15-16,18,30-31H2,1-5H3;1-2H3. The molecule has 3 aromatic carbocycles.